The second-order valence-corrected chi connectivity index (χ2v) is 3.32. The normalized spacial score (nSPS) is 10.3. The zero-order valence-corrected chi connectivity index (χ0v) is 8.88. The van der Waals surface area contributed by atoms with Crippen molar-refractivity contribution in [3.05, 3.63) is 30.4 Å². The van der Waals surface area contributed by atoms with Gasteiger partial charge in [-0.2, -0.15) is 4.98 Å². The number of hydrogen-bond donors (Lipinski definition) is 0. The summed E-state index contributed by atoms with van der Waals surface area (Å²) in [5.41, 5.74) is 0.779. The van der Waals surface area contributed by atoms with E-state index in [9.17, 15) is 4.79 Å². The lowest BCUT2D eigenvalue weighted by Crippen LogP contribution is -2.00. The molecule has 2 aromatic heterocycles. The van der Waals surface area contributed by atoms with Crippen LogP contribution >= 0.6 is 0 Å². The zero-order valence-electron chi connectivity index (χ0n) is 8.88. The van der Waals surface area contributed by atoms with E-state index in [1.54, 1.807) is 25.4 Å². The Morgan fingerprint density at radius 1 is 1.50 bits per heavy atom. The quantitative estimate of drug-likeness (QED) is 0.778. The van der Waals surface area contributed by atoms with Gasteiger partial charge in [0.1, 0.15) is 5.78 Å². The van der Waals surface area contributed by atoms with E-state index in [2.05, 4.69) is 15.1 Å². The van der Waals surface area contributed by atoms with Crippen molar-refractivity contribution in [3.8, 4) is 11.4 Å². The van der Waals surface area contributed by atoms with Crippen LogP contribution < -0.4 is 0 Å². The minimum Gasteiger partial charge on any atom is -0.338 e. The van der Waals surface area contributed by atoms with Gasteiger partial charge >= 0.3 is 0 Å². The molecule has 0 radical (unpaired) electrons. The molecule has 0 saturated carbocycles. The molecule has 5 heteroatoms. The molecule has 0 fully saturated rings. The lowest BCUT2D eigenvalue weighted by molar-refractivity contribution is -0.118. The highest BCUT2D eigenvalue weighted by Crippen LogP contribution is 2.13. The number of Topliss-reactive ketones (excluding diaryl/α,β-unsaturated/α-hetero) is 1. The maximum Gasteiger partial charge on any atom is 0.234 e. The molecule has 82 valence electrons. The minimum atomic E-state index is 0.0846. The molecule has 2 heterocycles. The van der Waals surface area contributed by atoms with Gasteiger partial charge in [-0.15, -0.1) is 0 Å². The molecule has 16 heavy (non-hydrogen) atoms. The molecule has 0 aliphatic rings. The maximum absolute atomic E-state index is 11.2. The van der Waals surface area contributed by atoms with Gasteiger partial charge in [-0.05, 0) is 12.1 Å². The van der Waals surface area contributed by atoms with Crippen LogP contribution in [0.5, 0.6) is 0 Å². The SMILES string of the molecule is CCC(=O)Cc1nc(-c2cccnc2)no1. The summed E-state index contributed by atoms with van der Waals surface area (Å²) >= 11 is 0. The molecular weight excluding hydrogens is 206 g/mol. The van der Waals surface area contributed by atoms with Crippen LogP contribution in [0.15, 0.2) is 29.0 Å². The first kappa shape index (κ1) is 10.5. The summed E-state index contributed by atoms with van der Waals surface area (Å²) in [5.74, 6) is 0.902. The van der Waals surface area contributed by atoms with Crippen LogP contribution in [0.4, 0.5) is 0 Å². The monoisotopic (exact) mass is 217 g/mol. The van der Waals surface area contributed by atoms with E-state index in [0.717, 1.165) is 5.56 Å². The highest BCUT2D eigenvalue weighted by molar-refractivity contribution is 5.79. The van der Waals surface area contributed by atoms with E-state index in [1.165, 1.54) is 0 Å². The summed E-state index contributed by atoms with van der Waals surface area (Å²) in [7, 11) is 0. The van der Waals surface area contributed by atoms with E-state index in [4.69, 9.17) is 4.52 Å². The van der Waals surface area contributed by atoms with Crippen LogP contribution in [0.3, 0.4) is 0 Å². The molecular formula is C11H11N3O2. The average molecular weight is 217 g/mol. The molecule has 0 bridgehead atoms. The Morgan fingerprint density at radius 3 is 3.06 bits per heavy atom. The first-order chi connectivity index (χ1) is 7.79. The smallest absolute Gasteiger partial charge is 0.234 e. The fourth-order valence-electron chi connectivity index (χ4n) is 1.23. The van der Waals surface area contributed by atoms with Crippen molar-refractivity contribution in [1.82, 2.24) is 15.1 Å². The van der Waals surface area contributed by atoms with Crippen LogP contribution in [-0.2, 0) is 11.2 Å². The maximum atomic E-state index is 11.2. The standard InChI is InChI=1S/C11H11N3O2/c1-2-9(15)6-10-13-11(14-16-10)8-4-3-5-12-7-8/h3-5,7H,2,6H2,1H3. The van der Waals surface area contributed by atoms with Gasteiger partial charge in [-0.1, -0.05) is 12.1 Å². The lowest BCUT2D eigenvalue weighted by Gasteiger charge is -1.90. The van der Waals surface area contributed by atoms with E-state index in [-0.39, 0.29) is 12.2 Å². The van der Waals surface area contributed by atoms with Gasteiger partial charge in [0.15, 0.2) is 0 Å². The number of pyridine rings is 1. The van der Waals surface area contributed by atoms with Gasteiger partial charge in [-0.3, -0.25) is 9.78 Å². The first-order valence-corrected chi connectivity index (χ1v) is 5.04. The van der Waals surface area contributed by atoms with Gasteiger partial charge < -0.3 is 4.52 Å². The number of carbonyl (C=O) groups is 1. The topological polar surface area (TPSA) is 68.9 Å². The molecule has 0 N–H and O–H groups in total. The van der Waals surface area contributed by atoms with Gasteiger partial charge in [-0.25, -0.2) is 0 Å². The van der Waals surface area contributed by atoms with Gasteiger partial charge in [0.05, 0.1) is 6.42 Å². The highest BCUT2D eigenvalue weighted by Gasteiger charge is 2.11. The van der Waals surface area contributed by atoms with Crippen molar-refractivity contribution in [2.45, 2.75) is 19.8 Å². The molecule has 0 aromatic carbocycles. The Labute approximate surface area is 92.5 Å². The Morgan fingerprint density at radius 2 is 2.38 bits per heavy atom. The number of aromatic nitrogens is 3. The third-order valence-corrected chi connectivity index (χ3v) is 2.13. The molecule has 0 aliphatic carbocycles. The third kappa shape index (κ3) is 2.31. The van der Waals surface area contributed by atoms with Crippen molar-refractivity contribution in [2.24, 2.45) is 0 Å². The predicted molar refractivity (Wildman–Crippen MR) is 56.5 cm³/mol. The summed E-state index contributed by atoms with van der Waals surface area (Å²) in [6, 6.07) is 3.63. The van der Waals surface area contributed by atoms with Gasteiger partial charge in [0.2, 0.25) is 11.7 Å². The number of rotatable bonds is 4. The third-order valence-electron chi connectivity index (χ3n) is 2.13. The molecule has 0 unspecified atom stereocenters. The lowest BCUT2D eigenvalue weighted by atomic mass is 10.2. The molecule has 5 nitrogen and oxygen atoms in total. The van der Waals surface area contributed by atoms with E-state index in [1.807, 2.05) is 6.07 Å². The average Bonchev–Trinajstić information content (AvgIpc) is 2.78. The Bertz CT molecular complexity index is 479. The van der Waals surface area contributed by atoms with Gasteiger partial charge in [0, 0.05) is 24.4 Å². The van der Waals surface area contributed by atoms with Crippen LogP contribution in [0.25, 0.3) is 11.4 Å². The molecule has 0 amide bonds. The summed E-state index contributed by atoms with van der Waals surface area (Å²) in [5, 5.41) is 3.80. The summed E-state index contributed by atoms with van der Waals surface area (Å²) in [4.78, 5) is 19.3. The summed E-state index contributed by atoms with van der Waals surface area (Å²) in [6.07, 6.45) is 4.00. The number of carbonyl (C=O) groups excluding carboxylic acids is 1. The molecule has 2 aromatic rings. The van der Waals surface area contributed by atoms with Gasteiger partial charge in [0.25, 0.3) is 0 Å². The second kappa shape index (κ2) is 4.65. The van der Waals surface area contributed by atoms with Crippen molar-refractivity contribution < 1.29 is 9.32 Å². The van der Waals surface area contributed by atoms with E-state index >= 15 is 0 Å². The van der Waals surface area contributed by atoms with Crippen molar-refractivity contribution in [3.63, 3.8) is 0 Å². The van der Waals surface area contributed by atoms with E-state index in [0.29, 0.717) is 18.1 Å². The Balaban J connectivity index is 2.17. The fraction of sp³-hybridized carbons (Fsp3) is 0.273. The van der Waals surface area contributed by atoms with Crippen molar-refractivity contribution in [1.29, 1.82) is 0 Å². The minimum absolute atomic E-state index is 0.0846. The molecule has 0 spiro atoms. The number of ketones is 1. The molecule has 2 rings (SSSR count). The van der Waals surface area contributed by atoms with Crippen LogP contribution in [-0.4, -0.2) is 20.9 Å². The highest BCUT2D eigenvalue weighted by atomic mass is 16.5. The summed E-state index contributed by atoms with van der Waals surface area (Å²) in [6.45, 7) is 1.81. The molecule has 0 atom stereocenters. The number of hydrogen-bond acceptors (Lipinski definition) is 5. The second-order valence-electron chi connectivity index (χ2n) is 3.32. The molecule has 0 aliphatic heterocycles. The molecule has 0 saturated heterocycles. The van der Waals surface area contributed by atoms with Crippen molar-refractivity contribution >= 4 is 5.78 Å². The Kier molecular flexibility index (Phi) is 3.05. The van der Waals surface area contributed by atoms with Crippen LogP contribution in [0, 0.1) is 0 Å². The van der Waals surface area contributed by atoms with Crippen LogP contribution in [0.2, 0.25) is 0 Å². The first-order valence-electron chi connectivity index (χ1n) is 5.04. The number of nitrogens with zero attached hydrogens (tertiary/aromatic N) is 3. The fourth-order valence-corrected chi connectivity index (χ4v) is 1.23. The predicted octanol–water partition coefficient (Wildman–Crippen LogP) is 1.65. The van der Waals surface area contributed by atoms with Crippen molar-refractivity contribution in [2.75, 3.05) is 0 Å². The Hall–Kier alpha value is -2.04. The largest absolute Gasteiger partial charge is 0.338 e. The zero-order chi connectivity index (χ0) is 11.4. The van der Waals surface area contributed by atoms with E-state index < -0.39 is 0 Å². The summed E-state index contributed by atoms with van der Waals surface area (Å²) < 4.78 is 4.98. The van der Waals surface area contributed by atoms with Crippen LogP contribution in [0.1, 0.15) is 19.2 Å².